The van der Waals surface area contributed by atoms with Gasteiger partial charge < -0.3 is 9.80 Å². The Kier molecular flexibility index (Phi) is 5.95. The minimum atomic E-state index is 0.725. The molecule has 0 saturated carbocycles. The Labute approximate surface area is 190 Å². The Balaban J connectivity index is 1.83. The summed E-state index contributed by atoms with van der Waals surface area (Å²) < 4.78 is 0. The van der Waals surface area contributed by atoms with Crippen molar-refractivity contribution in [3.05, 3.63) is 79.1 Å². The molecule has 0 aliphatic carbocycles. The fourth-order valence-corrected chi connectivity index (χ4v) is 4.05. The van der Waals surface area contributed by atoms with Crippen LogP contribution in [0.1, 0.15) is 25.8 Å². The first kappa shape index (κ1) is 21.6. The van der Waals surface area contributed by atoms with Crippen LogP contribution in [0.25, 0.3) is 22.3 Å². The Bertz CT molecular complexity index is 1190. The van der Waals surface area contributed by atoms with E-state index in [4.69, 9.17) is 4.98 Å². The van der Waals surface area contributed by atoms with Crippen LogP contribution in [-0.4, -0.2) is 40.5 Å². The molecule has 3 aromatic rings. The Morgan fingerprint density at radius 1 is 1.19 bits per heavy atom. The maximum atomic E-state index is 5.04. The van der Waals surface area contributed by atoms with Gasteiger partial charge in [-0.1, -0.05) is 26.2 Å². The van der Waals surface area contributed by atoms with Crippen LogP contribution in [-0.2, 0) is 6.54 Å². The SMILES string of the molecule is C=C(/C=C\C)N1C(=C)N(C)Cc2cnc3ccc(-c4ccc(N(C)CCC)nc4)nc3c21. The van der Waals surface area contributed by atoms with Crippen LogP contribution >= 0.6 is 0 Å². The lowest BCUT2D eigenvalue weighted by molar-refractivity contribution is 0.391. The fourth-order valence-electron chi connectivity index (χ4n) is 4.05. The van der Waals surface area contributed by atoms with Crippen LogP contribution in [0.15, 0.2) is 73.5 Å². The van der Waals surface area contributed by atoms with E-state index in [1.54, 1.807) is 0 Å². The van der Waals surface area contributed by atoms with Crippen molar-refractivity contribution in [3.8, 4) is 11.3 Å². The summed E-state index contributed by atoms with van der Waals surface area (Å²) in [6.45, 7) is 14.4. The molecular formula is C26H30N6. The monoisotopic (exact) mass is 426 g/mol. The van der Waals surface area contributed by atoms with Gasteiger partial charge in [0, 0.05) is 56.4 Å². The number of allylic oxidation sites excluding steroid dienone is 2. The summed E-state index contributed by atoms with van der Waals surface area (Å²) in [5.41, 5.74) is 6.46. The zero-order valence-corrected chi connectivity index (χ0v) is 19.3. The number of hydrogen-bond acceptors (Lipinski definition) is 6. The molecule has 32 heavy (non-hydrogen) atoms. The molecule has 0 aromatic carbocycles. The molecule has 3 aromatic heterocycles. The van der Waals surface area contributed by atoms with Gasteiger partial charge in [-0.25, -0.2) is 9.97 Å². The number of fused-ring (bicyclic) bond motifs is 3. The zero-order chi connectivity index (χ0) is 22.8. The molecule has 0 unspecified atom stereocenters. The molecule has 0 radical (unpaired) electrons. The molecule has 6 heteroatoms. The number of rotatable bonds is 6. The molecule has 0 saturated heterocycles. The molecule has 164 valence electrons. The van der Waals surface area contributed by atoms with Crippen molar-refractivity contribution in [3.63, 3.8) is 0 Å². The van der Waals surface area contributed by atoms with Gasteiger partial charge in [-0.2, -0.15) is 0 Å². The van der Waals surface area contributed by atoms with E-state index in [-0.39, 0.29) is 0 Å². The van der Waals surface area contributed by atoms with E-state index in [0.29, 0.717) is 0 Å². The summed E-state index contributed by atoms with van der Waals surface area (Å²) in [6.07, 6.45) is 8.87. The van der Waals surface area contributed by atoms with Gasteiger partial charge >= 0.3 is 0 Å². The van der Waals surface area contributed by atoms with E-state index < -0.39 is 0 Å². The number of nitrogens with zero attached hydrogens (tertiary/aromatic N) is 6. The van der Waals surface area contributed by atoms with Gasteiger partial charge in [-0.15, -0.1) is 0 Å². The van der Waals surface area contributed by atoms with E-state index in [0.717, 1.165) is 70.4 Å². The second-order valence-corrected chi connectivity index (χ2v) is 8.12. The maximum absolute atomic E-state index is 5.04. The van der Waals surface area contributed by atoms with Crippen molar-refractivity contribution in [2.45, 2.75) is 26.8 Å². The molecule has 6 nitrogen and oxygen atoms in total. The predicted molar refractivity (Wildman–Crippen MR) is 133 cm³/mol. The number of anilines is 2. The molecule has 0 N–H and O–H groups in total. The standard InChI is InChI=1S/C26H30N6/c1-7-9-18(3)32-19(4)31(6)17-21-16-27-23-12-11-22(29-25(23)26(21)32)20-10-13-24(28-15-20)30(5)14-8-2/h7,9-13,15-16H,3-4,8,14,17H2,1-2,5-6H3/b9-7-. The Hall–Kier alpha value is -3.67. The average molecular weight is 427 g/mol. The van der Waals surface area contributed by atoms with Gasteiger partial charge in [0.25, 0.3) is 0 Å². The van der Waals surface area contributed by atoms with E-state index in [2.05, 4.69) is 57.9 Å². The topological polar surface area (TPSA) is 48.4 Å². The van der Waals surface area contributed by atoms with Crippen molar-refractivity contribution in [1.82, 2.24) is 19.9 Å². The van der Waals surface area contributed by atoms with Crippen LogP contribution in [0.4, 0.5) is 11.5 Å². The van der Waals surface area contributed by atoms with Crippen LogP contribution in [0.2, 0.25) is 0 Å². The average Bonchev–Trinajstić information content (AvgIpc) is 2.80. The Morgan fingerprint density at radius 2 is 2.00 bits per heavy atom. The Morgan fingerprint density at radius 3 is 2.69 bits per heavy atom. The number of hydrogen-bond donors (Lipinski definition) is 0. The van der Waals surface area contributed by atoms with Crippen molar-refractivity contribution < 1.29 is 0 Å². The molecule has 1 aliphatic heterocycles. The molecule has 0 spiro atoms. The van der Waals surface area contributed by atoms with Gasteiger partial charge in [0.2, 0.25) is 0 Å². The number of pyridine rings is 3. The summed E-state index contributed by atoms with van der Waals surface area (Å²) >= 11 is 0. The van der Waals surface area contributed by atoms with Crippen LogP contribution in [0, 0.1) is 0 Å². The molecule has 0 amide bonds. The summed E-state index contributed by atoms with van der Waals surface area (Å²) in [5, 5.41) is 0. The quantitative estimate of drug-likeness (QED) is 0.495. The second-order valence-electron chi connectivity index (χ2n) is 8.12. The normalized spacial score (nSPS) is 13.7. The van der Waals surface area contributed by atoms with Gasteiger partial charge in [0.1, 0.15) is 17.2 Å². The van der Waals surface area contributed by atoms with Gasteiger partial charge in [0.05, 0.1) is 16.9 Å². The van der Waals surface area contributed by atoms with Crippen molar-refractivity contribution in [2.24, 2.45) is 0 Å². The third kappa shape index (κ3) is 3.84. The number of aromatic nitrogens is 3. The van der Waals surface area contributed by atoms with Crippen LogP contribution < -0.4 is 9.80 Å². The highest BCUT2D eigenvalue weighted by molar-refractivity contribution is 5.94. The molecule has 1 aliphatic rings. The first-order valence-corrected chi connectivity index (χ1v) is 10.9. The second kappa shape index (κ2) is 8.83. The van der Waals surface area contributed by atoms with Gasteiger partial charge in [-0.3, -0.25) is 9.88 Å². The van der Waals surface area contributed by atoms with Crippen molar-refractivity contribution >= 4 is 22.5 Å². The molecular weight excluding hydrogens is 396 g/mol. The van der Waals surface area contributed by atoms with E-state index in [1.807, 2.05) is 56.7 Å². The highest BCUT2D eigenvalue weighted by atomic mass is 15.3. The van der Waals surface area contributed by atoms with E-state index in [9.17, 15) is 0 Å². The lowest BCUT2D eigenvalue weighted by atomic mass is 10.1. The highest BCUT2D eigenvalue weighted by Crippen LogP contribution is 2.39. The minimum Gasteiger partial charge on any atom is -0.360 e. The smallest absolute Gasteiger partial charge is 0.128 e. The molecule has 0 fully saturated rings. The third-order valence-corrected chi connectivity index (χ3v) is 5.73. The van der Waals surface area contributed by atoms with Crippen molar-refractivity contribution in [2.75, 3.05) is 30.4 Å². The van der Waals surface area contributed by atoms with Crippen molar-refractivity contribution in [1.29, 1.82) is 0 Å². The lowest BCUT2D eigenvalue weighted by Gasteiger charge is -2.39. The maximum Gasteiger partial charge on any atom is 0.128 e. The first-order chi connectivity index (χ1) is 15.4. The highest BCUT2D eigenvalue weighted by Gasteiger charge is 2.28. The largest absolute Gasteiger partial charge is 0.360 e. The van der Waals surface area contributed by atoms with Crippen LogP contribution in [0.3, 0.4) is 0 Å². The third-order valence-electron chi connectivity index (χ3n) is 5.73. The van der Waals surface area contributed by atoms with Crippen LogP contribution in [0.5, 0.6) is 0 Å². The fraction of sp³-hybridized carbons (Fsp3) is 0.269. The zero-order valence-electron chi connectivity index (χ0n) is 19.3. The predicted octanol–water partition coefficient (Wildman–Crippen LogP) is 5.35. The minimum absolute atomic E-state index is 0.725. The van der Waals surface area contributed by atoms with Gasteiger partial charge in [0.15, 0.2) is 0 Å². The molecule has 4 heterocycles. The summed E-state index contributed by atoms with van der Waals surface area (Å²) in [5.74, 6) is 1.83. The summed E-state index contributed by atoms with van der Waals surface area (Å²) in [4.78, 5) is 20.7. The van der Waals surface area contributed by atoms with E-state index in [1.165, 1.54) is 0 Å². The molecule has 0 bridgehead atoms. The molecule has 4 rings (SSSR count). The summed E-state index contributed by atoms with van der Waals surface area (Å²) in [7, 11) is 4.09. The molecule has 0 atom stereocenters. The summed E-state index contributed by atoms with van der Waals surface area (Å²) in [6, 6.07) is 8.15. The van der Waals surface area contributed by atoms with E-state index >= 15 is 0 Å². The first-order valence-electron chi connectivity index (χ1n) is 10.9. The lowest BCUT2D eigenvalue weighted by Crippen LogP contribution is -2.36. The van der Waals surface area contributed by atoms with Gasteiger partial charge in [-0.05, 0) is 43.7 Å².